The van der Waals surface area contributed by atoms with E-state index in [1.54, 1.807) is 72.8 Å². The minimum Gasteiger partial charge on any atom is -0.483 e. The van der Waals surface area contributed by atoms with Crippen LogP contribution in [0.4, 0.5) is 0 Å². The van der Waals surface area contributed by atoms with Crippen LogP contribution in [0, 0.1) is 0 Å². The lowest BCUT2D eigenvalue weighted by molar-refractivity contribution is -0.0771. The third-order valence-corrected chi connectivity index (χ3v) is 6.26. The van der Waals surface area contributed by atoms with E-state index < -0.39 is 44.7 Å². The van der Waals surface area contributed by atoms with Crippen LogP contribution in [0.3, 0.4) is 0 Å². The largest absolute Gasteiger partial charge is 0.483 e. The molecule has 0 aromatic heterocycles. The maximum absolute atomic E-state index is 12.3. The van der Waals surface area contributed by atoms with Crippen molar-refractivity contribution >= 4 is 20.2 Å². The van der Waals surface area contributed by atoms with E-state index in [1.165, 1.54) is 0 Å². The maximum Gasteiger partial charge on any atom is 0.264 e. The van der Waals surface area contributed by atoms with Crippen LogP contribution in [-0.4, -0.2) is 41.6 Å². The second kappa shape index (κ2) is 9.75. The van der Waals surface area contributed by atoms with E-state index in [9.17, 15) is 16.8 Å². The molecule has 0 N–H and O–H groups in total. The molecule has 0 amide bonds. The van der Waals surface area contributed by atoms with Crippen LogP contribution in [0.1, 0.15) is 23.3 Å². The lowest BCUT2D eigenvalue weighted by atomic mass is 9.83. The van der Waals surface area contributed by atoms with Gasteiger partial charge in [-0.2, -0.15) is 16.8 Å². The van der Waals surface area contributed by atoms with Gasteiger partial charge in [0.1, 0.15) is 23.7 Å². The van der Waals surface area contributed by atoms with Gasteiger partial charge in [-0.25, -0.2) is 0 Å². The van der Waals surface area contributed by atoms with Crippen molar-refractivity contribution in [1.82, 2.24) is 0 Å². The zero-order chi connectivity index (χ0) is 24.3. The molecule has 10 heteroatoms. The minimum atomic E-state index is -4.05. The summed E-state index contributed by atoms with van der Waals surface area (Å²) in [6, 6.07) is 24.6. The molecule has 0 saturated heterocycles. The minimum absolute atomic E-state index is 0.449. The Labute approximate surface area is 199 Å². The Bertz CT molecular complexity index is 1220. The number of hydrogen-bond donors (Lipinski definition) is 0. The van der Waals surface area contributed by atoms with Gasteiger partial charge in [0.2, 0.25) is 0 Å². The summed E-state index contributed by atoms with van der Waals surface area (Å²) in [6.07, 6.45) is -2.97. The summed E-state index contributed by atoms with van der Waals surface area (Å²) in [4.78, 5) is 0. The van der Waals surface area contributed by atoms with Gasteiger partial charge in [0.05, 0.1) is 12.5 Å². The summed E-state index contributed by atoms with van der Waals surface area (Å²) in [5.74, 6) is 0.898. The molecule has 34 heavy (non-hydrogen) atoms. The second-order valence-electron chi connectivity index (χ2n) is 7.86. The van der Waals surface area contributed by atoms with Crippen molar-refractivity contribution in [2.45, 2.75) is 24.4 Å². The number of fused-ring (bicyclic) bond motifs is 1. The fraction of sp³-hybridized carbons (Fsp3) is 0.250. The zero-order valence-corrected chi connectivity index (χ0v) is 20.1. The van der Waals surface area contributed by atoms with Gasteiger partial charge in [0.25, 0.3) is 20.2 Å². The molecule has 3 aromatic rings. The topological polar surface area (TPSA) is 105 Å². The first-order valence-electron chi connectivity index (χ1n) is 10.4. The highest BCUT2D eigenvalue weighted by Crippen LogP contribution is 2.44. The molecule has 1 aliphatic carbocycles. The molecule has 0 fully saturated rings. The van der Waals surface area contributed by atoms with Gasteiger partial charge in [-0.15, -0.1) is 0 Å². The predicted octanol–water partition coefficient (Wildman–Crippen LogP) is 3.63. The van der Waals surface area contributed by atoms with Crippen molar-refractivity contribution in [2.24, 2.45) is 0 Å². The molecule has 0 spiro atoms. The van der Waals surface area contributed by atoms with Crippen molar-refractivity contribution in [1.29, 1.82) is 0 Å². The van der Waals surface area contributed by atoms with Crippen molar-refractivity contribution in [3.63, 3.8) is 0 Å². The van der Waals surface area contributed by atoms with Crippen molar-refractivity contribution in [3.8, 4) is 11.5 Å². The van der Waals surface area contributed by atoms with Gasteiger partial charge in [-0.3, -0.25) is 8.37 Å². The van der Waals surface area contributed by atoms with E-state index in [0.717, 1.165) is 12.5 Å². The first kappa shape index (κ1) is 24.2. The number of rotatable bonds is 8. The number of benzene rings is 3. The Hall–Kier alpha value is -2.92. The van der Waals surface area contributed by atoms with Crippen LogP contribution < -0.4 is 9.47 Å². The lowest BCUT2D eigenvalue weighted by Crippen LogP contribution is -2.49. The average Bonchev–Trinajstić information content (AvgIpc) is 2.78. The standard InChI is InChI=1S/C24H24O8S2/c1-33(25,26)31-23-21(29-17-11-5-3-6-12-17)19-15-9-10-16-20(19)22(24(23)32-34(2,27)28)30-18-13-7-4-8-14-18/h3-16,21-24H,1-2H3/t21-,22+,23+,24-. The van der Waals surface area contributed by atoms with Crippen LogP contribution in [0.15, 0.2) is 84.9 Å². The summed E-state index contributed by atoms with van der Waals surface area (Å²) in [7, 11) is -8.09. The van der Waals surface area contributed by atoms with Crippen LogP contribution in [-0.2, 0) is 28.6 Å². The predicted molar refractivity (Wildman–Crippen MR) is 125 cm³/mol. The first-order chi connectivity index (χ1) is 16.1. The third kappa shape index (κ3) is 5.95. The second-order valence-corrected chi connectivity index (χ2v) is 11.1. The number of hydrogen-bond acceptors (Lipinski definition) is 8. The Kier molecular flexibility index (Phi) is 6.94. The van der Waals surface area contributed by atoms with Crippen LogP contribution in [0.25, 0.3) is 0 Å². The van der Waals surface area contributed by atoms with Gasteiger partial charge in [-0.1, -0.05) is 60.7 Å². The maximum atomic E-state index is 12.3. The first-order valence-corrected chi connectivity index (χ1v) is 14.0. The molecule has 4 rings (SSSR count). The summed E-state index contributed by atoms with van der Waals surface area (Å²) in [5, 5.41) is 0. The third-order valence-electron chi connectivity index (χ3n) is 5.11. The molecule has 4 atom stereocenters. The normalized spacial score (nSPS) is 22.5. The van der Waals surface area contributed by atoms with Crippen molar-refractivity contribution in [2.75, 3.05) is 12.5 Å². The smallest absolute Gasteiger partial charge is 0.264 e. The molecule has 3 aromatic carbocycles. The summed E-state index contributed by atoms with van der Waals surface area (Å²) >= 11 is 0. The fourth-order valence-electron chi connectivity index (χ4n) is 3.89. The summed E-state index contributed by atoms with van der Waals surface area (Å²) < 4.78 is 72.2. The number of para-hydroxylation sites is 2. The van der Waals surface area contributed by atoms with Gasteiger partial charge in [-0.05, 0) is 24.3 Å². The molecule has 0 radical (unpaired) electrons. The quantitative estimate of drug-likeness (QED) is 0.428. The summed E-state index contributed by atoms with van der Waals surface area (Å²) in [6.45, 7) is 0. The van der Waals surface area contributed by atoms with E-state index in [1.807, 2.05) is 12.1 Å². The van der Waals surface area contributed by atoms with E-state index >= 15 is 0 Å². The van der Waals surface area contributed by atoms with Crippen molar-refractivity contribution < 1.29 is 34.7 Å². The molecule has 0 aliphatic heterocycles. The van der Waals surface area contributed by atoms with E-state index in [-0.39, 0.29) is 0 Å². The van der Waals surface area contributed by atoms with E-state index in [2.05, 4.69) is 0 Å². The van der Waals surface area contributed by atoms with Gasteiger partial charge >= 0.3 is 0 Å². The van der Waals surface area contributed by atoms with Crippen molar-refractivity contribution in [3.05, 3.63) is 96.1 Å². The molecule has 0 heterocycles. The summed E-state index contributed by atoms with van der Waals surface area (Å²) in [5.41, 5.74) is 1.18. The molecule has 0 saturated carbocycles. The highest BCUT2D eigenvalue weighted by Gasteiger charge is 2.50. The zero-order valence-electron chi connectivity index (χ0n) is 18.5. The van der Waals surface area contributed by atoms with Crippen LogP contribution in [0.2, 0.25) is 0 Å². The Morgan fingerprint density at radius 2 is 0.853 bits per heavy atom. The lowest BCUT2D eigenvalue weighted by Gasteiger charge is -2.41. The molecular formula is C24H24O8S2. The molecule has 0 bridgehead atoms. The van der Waals surface area contributed by atoms with Gasteiger partial charge < -0.3 is 9.47 Å². The van der Waals surface area contributed by atoms with Gasteiger partial charge in [0.15, 0.2) is 12.2 Å². The molecule has 1 aliphatic rings. The van der Waals surface area contributed by atoms with Gasteiger partial charge in [0, 0.05) is 11.1 Å². The number of ether oxygens (including phenoxy) is 2. The van der Waals surface area contributed by atoms with E-state index in [0.29, 0.717) is 22.6 Å². The Morgan fingerprint density at radius 3 is 1.18 bits per heavy atom. The Balaban J connectivity index is 1.88. The van der Waals surface area contributed by atoms with Crippen LogP contribution in [0.5, 0.6) is 11.5 Å². The molecular weight excluding hydrogens is 480 g/mol. The monoisotopic (exact) mass is 504 g/mol. The van der Waals surface area contributed by atoms with Crippen LogP contribution >= 0.6 is 0 Å². The molecule has 0 unspecified atom stereocenters. The SMILES string of the molecule is CS(=O)(=O)O[C@@H]1[C@H](OS(C)(=O)=O)[C@@H](Oc2ccccc2)c2ccccc2[C@H]1Oc1ccccc1. The molecule has 180 valence electrons. The highest BCUT2D eigenvalue weighted by molar-refractivity contribution is 7.86. The molecule has 8 nitrogen and oxygen atoms in total. The fourth-order valence-corrected chi connectivity index (χ4v) is 5.12. The Morgan fingerprint density at radius 1 is 0.529 bits per heavy atom. The highest BCUT2D eigenvalue weighted by atomic mass is 32.2. The average molecular weight is 505 g/mol. The van der Waals surface area contributed by atoms with E-state index in [4.69, 9.17) is 17.8 Å².